The molecule has 0 saturated carbocycles. The molecule has 0 aliphatic carbocycles. The molecule has 0 aromatic rings. The van der Waals surface area contributed by atoms with Crippen molar-refractivity contribution in [1.29, 1.82) is 0 Å². The first-order valence-corrected chi connectivity index (χ1v) is 3.94. The van der Waals surface area contributed by atoms with Crippen molar-refractivity contribution in [3.05, 3.63) is 0 Å². The standard InChI is InChI=1S/C7H13NO2/c9-5-7-4-6-2-1-3-8(6)10-7/h6-7,9H,1-5H2. The third-order valence-electron chi connectivity index (χ3n) is 2.35. The van der Waals surface area contributed by atoms with E-state index < -0.39 is 0 Å². The van der Waals surface area contributed by atoms with Gasteiger partial charge in [-0.15, -0.1) is 0 Å². The van der Waals surface area contributed by atoms with E-state index >= 15 is 0 Å². The number of nitrogens with zero attached hydrogens (tertiary/aromatic N) is 1. The summed E-state index contributed by atoms with van der Waals surface area (Å²) in [7, 11) is 0. The summed E-state index contributed by atoms with van der Waals surface area (Å²) < 4.78 is 0. The Labute approximate surface area is 60.5 Å². The Balaban J connectivity index is 1.94. The average molecular weight is 143 g/mol. The summed E-state index contributed by atoms with van der Waals surface area (Å²) in [6.07, 6.45) is 3.61. The zero-order valence-electron chi connectivity index (χ0n) is 5.99. The summed E-state index contributed by atoms with van der Waals surface area (Å²) in [5.74, 6) is 0. The van der Waals surface area contributed by atoms with Crippen molar-refractivity contribution in [2.45, 2.75) is 31.4 Å². The van der Waals surface area contributed by atoms with E-state index in [0.717, 1.165) is 13.0 Å². The lowest BCUT2D eigenvalue weighted by atomic mass is 10.1. The van der Waals surface area contributed by atoms with Crippen molar-refractivity contribution in [2.75, 3.05) is 13.2 Å². The number of hydrogen-bond acceptors (Lipinski definition) is 3. The van der Waals surface area contributed by atoms with Gasteiger partial charge in [0.15, 0.2) is 0 Å². The van der Waals surface area contributed by atoms with Gasteiger partial charge in [-0.25, -0.2) is 0 Å². The molecule has 2 aliphatic rings. The van der Waals surface area contributed by atoms with E-state index in [2.05, 4.69) is 0 Å². The highest BCUT2D eigenvalue weighted by Gasteiger charge is 2.35. The maximum absolute atomic E-state index is 8.77. The Bertz CT molecular complexity index is 117. The van der Waals surface area contributed by atoms with Crippen molar-refractivity contribution in [2.24, 2.45) is 0 Å². The van der Waals surface area contributed by atoms with Crippen LogP contribution in [0.3, 0.4) is 0 Å². The highest BCUT2D eigenvalue weighted by Crippen LogP contribution is 2.29. The normalized spacial score (nSPS) is 40.5. The summed E-state index contributed by atoms with van der Waals surface area (Å²) in [6, 6.07) is 0.608. The van der Waals surface area contributed by atoms with Crippen LogP contribution in [0.15, 0.2) is 0 Å². The third-order valence-corrected chi connectivity index (χ3v) is 2.35. The van der Waals surface area contributed by atoms with Gasteiger partial charge < -0.3 is 5.11 Å². The molecule has 0 spiro atoms. The average Bonchev–Trinajstić information content (AvgIpc) is 2.42. The van der Waals surface area contributed by atoms with Crippen molar-refractivity contribution < 1.29 is 9.94 Å². The van der Waals surface area contributed by atoms with Crippen molar-refractivity contribution in [1.82, 2.24) is 5.06 Å². The molecule has 2 atom stereocenters. The van der Waals surface area contributed by atoms with Crippen LogP contribution < -0.4 is 0 Å². The maximum atomic E-state index is 8.77. The number of aliphatic hydroxyl groups excluding tert-OH is 1. The molecule has 2 fully saturated rings. The van der Waals surface area contributed by atoms with Crippen LogP contribution in [0.1, 0.15) is 19.3 Å². The molecule has 0 aromatic carbocycles. The predicted molar refractivity (Wildman–Crippen MR) is 36.3 cm³/mol. The lowest BCUT2D eigenvalue weighted by Gasteiger charge is -2.12. The van der Waals surface area contributed by atoms with Gasteiger partial charge in [0.2, 0.25) is 0 Å². The molecule has 3 nitrogen and oxygen atoms in total. The largest absolute Gasteiger partial charge is 0.394 e. The van der Waals surface area contributed by atoms with Crippen LogP contribution in [-0.4, -0.2) is 35.5 Å². The number of fused-ring (bicyclic) bond motifs is 1. The Morgan fingerprint density at radius 2 is 2.50 bits per heavy atom. The highest BCUT2D eigenvalue weighted by atomic mass is 16.7. The first kappa shape index (κ1) is 6.58. The molecule has 0 aromatic heterocycles. The highest BCUT2D eigenvalue weighted by molar-refractivity contribution is 4.82. The summed E-state index contributed by atoms with van der Waals surface area (Å²) in [4.78, 5) is 5.42. The van der Waals surface area contributed by atoms with Crippen LogP contribution in [0, 0.1) is 0 Å². The van der Waals surface area contributed by atoms with E-state index in [9.17, 15) is 0 Å². The molecular weight excluding hydrogens is 130 g/mol. The minimum absolute atomic E-state index is 0.0882. The number of rotatable bonds is 1. The van der Waals surface area contributed by atoms with Crippen LogP contribution in [0.5, 0.6) is 0 Å². The fraction of sp³-hybridized carbons (Fsp3) is 1.00. The summed E-state index contributed by atoms with van der Waals surface area (Å²) in [5.41, 5.74) is 0. The van der Waals surface area contributed by atoms with E-state index in [1.807, 2.05) is 5.06 Å². The van der Waals surface area contributed by atoms with Gasteiger partial charge in [-0.05, 0) is 19.3 Å². The molecule has 0 radical (unpaired) electrons. The summed E-state index contributed by atoms with van der Waals surface area (Å²) >= 11 is 0. The second-order valence-corrected chi connectivity index (χ2v) is 3.08. The van der Waals surface area contributed by atoms with E-state index in [1.54, 1.807) is 0 Å². The second kappa shape index (κ2) is 2.49. The zero-order valence-corrected chi connectivity index (χ0v) is 5.99. The predicted octanol–water partition coefficient (Wildman–Crippen LogP) is 0.147. The van der Waals surface area contributed by atoms with Crippen LogP contribution in [-0.2, 0) is 4.84 Å². The summed E-state index contributed by atoms with van der Waals surface area (Å²) in [5, 5.41) is 10.8. The fourth-order valence-corrected chi connectivity index (χ4v) is 1.83. The molecule has 0 bridgehead atoms. The molecule has 10 heavy (non-hydrogen) atoms. The van der Waals surface area contributed by atoms with E-state index in [0.29, 0.717) is 6.04 Å². The fourth-order valence-electron chi connectivity index (χ4n) is 1.83. The van der Waals surface area contributed by atoms with E-state index in [1.165, 1.54) is 12.8 Å². The smallest absolute Gasteiger partial charge is 0.104 e. The molecule has 2 saturated heterocycles. The molecular formula is C7H13NO2. The molecule has 1 N–H and O–H groups in total. The summed E-state index contributed by atoms with van der Waals surface area (Å²) in [6.45, 7) is 1.23. The van der Waals surface area contributed by atoms with Gasteiger partial charge in [-0.3, -0.25) is 4.84 Å². The molecule has 2 heterocycles. The number of hydrogen-bond donors (Lipinski definition) is 1. The van der Waals surface area contributed by atoms with E-state index in [-0.39, 0.29) is 12.7 Å². The minimum atomic E-state index is 0.0882. The Morgan fingerprint density at radius 3 is 3.20 bits per heavy atom. The SMILES string of the molecule is OCC1CC2CCCN2O1. The Hall–Kier alpha value is -0.120. The van der Waals surface area contributed by atoms with Crippen molar-refractivity contribution >= 4 is 0 Å². The first-order chi connectivity index (χ1) is 4.90. The second-order valence-electron chi connectivity index (χ2n) is 3.08. The minimum Gasteiger partial charge on any atom is -0.394 e. The lowest BCUT2D eigenvalue weighted by molar-refractivity contribution is -0.156. The molecule has 0 amide bonds. The molecule has 3 heteroatoms. The van der Waals surface area contributed by atoms with Gasteiger partial charge in [0, 0.05) is 12.6 Å². The van der Waals surface area contributed by atoms with Crippen molar-refractivity contribution in [3.8, 4) is 0 Å². The van der Waals surface area contributed by atoms with Crippen LogP contribution >= 0.6 is 0 Å². The van der Waals surface area contributed by atoms with E-state index in [4.69, 9.17) is 9.94 Å². The van der Waals surface area contributed by atoms with Gasteiger partial charge in [-0.2, -0.15) is 5.06 Å². The van der Waals surface area contributed by atoms with Gasteiger partial charge in [-0.1, -0.05) is 0 Å². The maximum Gasteiger partial charge on any atom is 0.104 e. The van der Waals surface area contributed by atoms with Crippen LogP contribution in [0.25, 0.3) is 0 Å². The third kappa shape index (κ3) is 0.944. The molecule has 2 unspecified atom stereocenters. The van der Waals surface area contributed by atoms with Gasteiger partial charge >= 0.3 is 0 Å². The van der Waals surface area contributed by atoms with Crippen LogP contribution in [0.2, 0.25) is 0 Å². The quantitative estimate of drug-likeness (QED) is 0.567. The molecule has 2 rings (SSSR count). The molecule has 2 aliphatic heterocycles. The van der Waals surface area contributed by atoms with Gasteiger partial charge in [0.25, 0.3) is 0 Å². The Morgan fingerprint density at radius 1 is 1.60 bits per heavy atom. The van der Waals surface area contributed by atoms with Gasteiger partial charge in [0.05, 0.1) is 6.61 Å². The number of hydroxylamine groups is 2. The monoisotopic (exact) mass is 143 g/mol. The van der Waals surface area contributed by atoms with Crippen molar-refractivity contribution in [3.63, 3.8) is 0 Å². The van der Waals surface area contributed by atoms with Crippen LogP contribution in [0.4, 0.5) is 0 Å². The number of aliphatic hydroxyl groups is 1. The van der Waals surface area contributed by atoms with Gasteiger partial charge in [0.1, 0.15) is 6.10 Å². The topological polar surface area (TPSA) is 32.7 Å². The zero-order chi connectivity index (χ0) is 6.97. The lowest BCUT2D eigenvalue weighted by Crippen LogP contribution is -2.21. The molecule has 58 valence electrons. The first-order valence-electron chi connectivity index (χ1n) is 3.94. The Kier molecular flexibility index (Phi) is 1.64.